The van der Waals surface area contributed by atoms with Crippen molar-refractivity contribution in [2.24, 2.45) is 0 Å². The van der Waals surface area contributed by atoms with Crippen molar-refractivity contribution in [3.8, 4) is 5.88 Å². The summed E-state index contributed by atoms with van der Waals surface area (Å²) >= 11 is 6.03. The van der Waals surface area contributed by atoms with Gasteiger partial charge in [-0.05, 0) is 20.8 Å². The predicted molar refractivity (Wildman–Crippen MR) is 81.0 cm³/mol. The molecule has 0 aliphatic carbocycles. The van der Waals surface area contributed by atoms with Crippen molar-refractivity contribution in [2.75, 3.05) is 12.4 Å². The van der Waals surface area contributed by atoms with Gasteiger partial charge in [0.2, 0.25) is 0 Å². The summed E-state index contributed by atoms with van der Waals surface area (Å²) in [5.41, 5.74) is 0. The number of halogens is 1. The molecular formula is C11H20ClN2O5PS. The second-order valence-electron chi connectivity index (χ2n) is 4.68. The number of sulfone groups is 1. The molecule has 0 bridgehead atoms. The van der Waals surface area contributed by atoms with E-state index in [4.69, 9.17) is 20.6 Å². The lowest BCUT2D eigenvalue weighted by Crippen LogP contribution is -2.08. The predicted octanol–water partition coefficient (Wildman–Crippen LogP) is 2.98. The van der Waals surface area contributed by atoms with Gasteiger partial charge >= 0.3 is 7.60 Å². The summed E-state index contributed by atoms with van der Waals surface area (Å²) < 4.78 is 47.8. The molecule has 21 heavy (non-hydrogen) atoms. The summed E-state index contributed by atoms with van der Waals surface area (Å²) in [6, 6.07) is 0. The molecule has 7 nitrogen and oxygen atoms in total. The molecule has 0 saturated carbocycles. The van der Waals surface area contributed by atoms with Crippen LogP contribution in [0, 0.1) is 0 Å². The molecule has 0 fully saturated rings. The SMILES string of the molecule is CCn1nc(OP(=O)(CC)OC(C)C)c(Cl)c1S(C)(=O)=O. The normalized spacial score (nSPS) is 15.2. The number of rotatable bonds is 7. The molecule has 1 unspecified atom stereocenters. The minimum atomic E-state index is -3.58. The van der Waals surface area contributed by atoms with E-state index < -0.39 is 17.4 Å². The van der Waals surface area contributed by atoms with Crippen molar-refractivity contribution < 1.29 is 22.0 Å². The van der Waals surface area contributed by atoms with Crippen molar-refractivity contribution in [3.63, 3.8) is 0 Å². The average molecular weight is 359 g/mol. The first-order chi connectivity index (χ1) is 9.54. The van der Waals surface area contributed by atoms with Gasteiger partial charge in [0.05, 0.1) is 12.3 Å². The van der Waals surface area contributed by atoms with E-state index in [1.807, 2.05) is 0 Å². The Bertz CT molecular complexity index is 656. The lowest BCUT2D eigenvalue weighted by molar-refractivity contribution is 0.208. The monoisotopic (exact) mass is 358 g/mol. The quantitative estimate of drug-likeness (QED) is 0.696. The fraction of sp³-hybridized carbons (Fsp3) is 0.727. The van der Waals surface area contributed by atoms with Crippen LogP contribution in [0.25, 0.3) is 0 Å². The first-order valence-electron chi connectivity index (χ1n) is 6.47. The Morgan fingerprint density at radius 3 is 2.29 bits per heavy atom. The zero-order valence-corrected chi connectivity index (χ0v) is 15.1. The molecule has 1 aromatic heterocycles. The number of hydrogen-bond acceptors (Lipinski definition) is 6. The maximum atomic E-state index is 12.5. The lowest BCUT2D eigenvalue weighted by atomic mass is 10.5. The molecule has 1 aromatic rings. The van der Waals surface area contributed by atoms with Crippen molar-refractivity contribution in [1.29, 1.82) is 0 Å². The van der Waals surface area contributed by atoms with E-state index in [-0.39, 0.29) is 34.7 Å². The van der Waals surface area contributed by atoms with Gasteiger partial charge in [0.1, 0.15) is 5.02 Å². The van der Waals surface area contributed by atoms with Crippen LogP contribution in [0.4, 0.5) is 0 Å². The third-order valence-electron chi connectivity index (χ3n) is 2.46. The van der Waals surface area contributed by atoms with Gasteiger partial charge in [-0.1, -0.05) is 18.5 Å². The maximum Gasteiger partial charge on any atom is 0.380 e. The van der Waals surface area contributed by atoms with Crippen molar-refractivity contribution in [2.45, 2.75) is 45.4 Å². The van der Waals surface area contributed by atoms with E-state index in [0.29, 0.717) is 0 Å². The Hall–Kier alpha value is -0.560. The third-order valence-corrected chi connectivity index (χ3v) is 6.00. The van der Waals surface area contributed by atoms with Gasteiger partial charge in [-0.2, -0.15) is 0 Å². The fourth-order valence-electron chi connectivity index (χ4n) is 1.64. The largest absolute Gasteiger partial charge is 0.403 e. The summed E-state index contributed by atoms with van der Waals surface area (Å²) in [5.74, 6) is -0.190. The number of aromatic nitrogens is 2. The smallest absolute Gasteiger partial charge is 0.380 e. The molecule has 0 aromatic carbocycles. The molecule has 0 N–H and O–H groups in total. The zero-order chi connectivity index (χ0) is 16.4. The van der Waals surface area contributed by atoms with Crippen molar-refractivity contribution in [1.82, 2.24) is 9.78 Å². The van der Waals surface area contributed by atoms with Crippen molar-refractivity contribution >= 4 is 29.0 Å². The second-order valence-corrected chi connectivity index (χ2v) is 9.24. The van der Waals surface area contributed by atoms with E-state index in [0.717, 1.165) is 6.26 Å². The van der Waals surface area contributed by atoms with Crippen LogP contribution in [0.15, 0.2) is 5.03 Å². The molecule has 1 heterocycles. The number of aryl methyl sites for hydroxylation is 1. The van der Waals surface area contributed by atoms with Gasteiger partial charge in [0.25, 0.3) is 5.88 Å². The van der Waals surface area contributed by atoms with E-state index in [9.17, 15) is 13.0 Å². The van der Waals surface area contributed by atoms with E-state index >= 15 is 0 Å². The maximum absolute atomic E-state index is 12.5. The highest BCUT2D eigenvalue weighted by Crippen LogP contribution is 2.50. The van der Waals surface area contributed by atoms with Gasteiger partial charge in [-0.3, -0.25) is 4.52 Å². The van der Waals surface area contributed by atoms with Crippen LogP contribution in [-0.2, 0) is 25.5 Å². The Morgan fingerprint density at radius 2 is 1.95 bits per heavy atom. The first kappa shape index (κ1) is 18.5. The molecule has 0 spiro atoms. The van der Waals surface area contributed by atoms with Gasteiger partial charge in [-0.25, -0.2) is 17.7 Å². The van der Waals surface area contributed by atoms with Gasteiger partial charge < -0.3 is 4.52 Å². The fourth-order valence-corrected chi connectivity index (χ4v) is 4.61. The first-order valence-corrected chi connectivity index (χ1v) is 10.5. The molecule has 0 aliphatic rings. The third kappa shape index (κ3) is 4.45. The molecule has 0 saturated heterocycles. The molecule has 1 atom stereocenters. The summed E-state index contributed by atoms with van der Waals surface area (Å²) in [5, 5.41) is 3.63. The minimum absolute atomic E-state index is 0.120. The Labute approximate surface area is 130 Å². The summed E-state index contributed by atoms with van der Waals surface area (Å²) in [7, 11) is -7.01. The zero-order valence-electron chi connectivity index (χ0n) is 12.7. The minimum Gasteiger partial charge on any atom is -0.403 e. The molecule has 0 amide bonds. The highest BCUT2D eigenvalue weighted by atomic mass is 35.5. The Balaban J connectivity index is 3.28. The van der Waals surface area contributed by atoms with Gasteiger partial charge in [0, 0.05) is 12.8 Å². The van der Waals surface area contributed by atoms with Crippen LogP contribution in [-0.4, -0.2) is 36.7 Å². The molecule has 0 aliphatic heterocycles. The topological polar surface area (TPSA) is 87.5 Å². The summed E-state index contributed by atoms with van der Waals surface area (Å²) in [6.07, 6.45) is 0.835. The van der Waals surface area contributed by atoms with Gasteiger partial charge in [-0.15, -0.1) is 5.10 Å². The lowest BCUT2D eigenvalue weighted by Gasteiger charge is -2.18. The average Bonchev–Trinajstić information content (AvgIpc) is 2.64. The Kier molecular flexibility index (Phi) is 5.89. The highest BCUT2D eigenvalue weighted by Gasteiger charge is 2.31. The van der Waals surface area contributed by atoms with E-state index in [1.54, 1.807) is 27.7 Å². The number of hydrogen-bond donors (Lipinski definition) is 0. The van der Waals surface area contributed by atoms with Crippen LogP contribution >= 0.6 is 19.2 Å². The van der Waals surface area contributed by atoms with Crippen LogP contribution in [0.1, 0.15) is 27.7 Å². The highest BCUT2D eigenvalue weighted by molar-refractivity contribution is 7.90. The van der Waals surface area contributed by atoms with Crippen molar-refractivity contribution in [3.05, 3.63) is 5.02 Å². The molecule has 122 valence electrons. The second kappa shape index (κ2) is 6.69. The van der Waals surface area contributed by atoms with E-state index in [1.165, 1.54) is 4.68 Å². The van der Waals surface area contributed by atoms with Crippen LogP contribution in [0.5, 0.6) is 5.88 Å². The van der Waals surface area contributed by atoms with E-state index in [2.05, 4.69) is 5.10 Å². The molecule has 1 rings (SSSR count). The Morgan fingerprint density at radius 1 is 1.38 bits per heavy atom. The molecule has 0 radical (unpaired) electrons. The van der Waals surface area contributed by atoms with Crippen LogP contribution in [0.3, 0.4) is 0 Å². The molecule has 10 heteroatoms. The summed E-state index contributed by atoms with van der Waals surface area (Å²) in [4.78, 5) is 0. The molecular weight excluding hydrogens is 339 g/mol. The number of nitrogens with zero attached hydrogens (tertiary/aromatic N) is 2. The summed E-state index contributed by atoms with van der Waals surface area (Å²) in [6.45, 7) is 7.09. The van der Waals surface area contributed by atoms with Crippen LogP contribution in [0.2, 0.25) is 5.02 Å². The van der Waals surface area contributed by atoms with Gasteiger partial charge in [0.15, 0.2) is 14.9 Å². The standard InChI is InChI=1S/C11H20ClN2O5PS/c1-6-14-11(21(5,16)17)9(12)10(13-14)19-20(15,7-2)18-8(3)4/h8H,6-7H2,1-5H3. The van der Waals surface area contributed by atoms with Crippen LogP contribution < -0.4 is 4.52 Å².